The highest BCUT2D eigenvalue weighted by Gasteiger charge is 2.17. The van der Waals surface area contributed by atoms with Crippen LogP contribution in [-0.4, -0.2) is 39.2 Å². The van der Waals surface area contributed by atoms with Crippen LogP contribution in [0.2, 0.25) is 0 Å². The molecule has 0 aromatic heterocycles. The van der Waals surface area contributed by atoms with E-state index < -0.39 is 27.7 Å². The Balaban J connectivity index is 2.19. The first-order valence-electron chi connectivity index (χ1n) is 8.92. The smallest absolute Gasteiger partial charge is 0.255 e. The van der Waals surface area contributed by atoms with Crippen molar-refractivity contribution < 1.29 is 22.8 Å². The molecule has 0 atom stereocenters. The molecule has 0 heterocycles. The normalized spacial score (nSPS) is 10.8. The fourth-order valence-electron chi connectivity index (χ4n) is 2.44. The summed E-state index contributed by atoms with van der Waals surface area (Å²) in [5.74, 6) is -1.63. The summed E-state index contributed by atoms with van der Waals surface area (Å²) in [6.45, 7) is 3.57. The van der Waals surface area contributed by atoms with Crippen molar-refractivity contribution in [1.29, 1.82) is 0 Å². The SMILES string of the molecule is C=CCNS(=O)(=O)c1cccc(C(=O)Nc2ccccc2C(=O)NCCC(N)=O)c1. The maximum absolute atomic E-state index is 12.7. The van der Waals surface area contributed by atoms with Crippen molar-refractivity contribution in [2.24, 2.45) is 5.73 Å². The summed E-state index contributed by atoms with van der Waals surface area (Å²) in [6.07, 6.45) is 1.39. The Morgan fingerprint density at radius 2 is 1.77 bits per heavy atom. The van der Waals surface area contributed by atoms with Gasteiger partial charge in [0.15, 0.2) is 0 Å². The van der Waals surface area contributed by atoms with Crippen LogP contribution in [0.1, 0.15) is 27.1 Å². The van der Waals surface area contributed by atoms with Crippen LogP contribution in [0.4, 0.5) is 5.69 Å². The lowest BCUT2D eigenvalue weighted by atomic mass is 10.1. The monoisotopic (exact) mass is 430 g/mol. The quantitative estimate of drug-likeness (QED) is 0.415. The zero-order valence-corrected chi connectivity index (χ0v) is 16.9. The largest absolute Gasteiger partial charge is 0.370 e. The van der Waals surface area contributed by atoms with Crippen molar-refractivity contribution in [3.63, 3.8) is 0 Å². The highest BCUT2D eigenvalue weighted by atomic mass is 32.2. The Bertz CT molecular complexity index is 1070. The second-order valence-corrected chi connectivity index (χ2v) is 7.91. The first-order chi connectivity index (χ1) is 14.2. The fraction of sp³-hybridized carbons (Fsp3) is 0.150. The van der Waals surface area contributed by atoms with E-state index in [0.717, 1.165) is 0 Å². The number of primary amides is 1. The number of carbonyl (C=O) groups excluding carboxylic acids is 3. The molecule has 2 aromatic rings. The molecule has 30 heavy (non-hydrogen) atoms. The van der Waals surface area contributed by atoms with E-state index >= 15 is 0 Å². The van der Waals surface area contributed by atoms with Crippen LogP contribution in [0.15, 0.2) is 66.1 Å². The Kier molecular flexibility index (Phi) is 7.84. The average Bonchev–Trinajstić information content (AvgIpc) is 2.72. The molecule has 0 radical (unpaired) electrons. The highest BCUT2D eigenvalue weighted by Crippen LogP contribution is 2.18. The van der Waals surface area contributed by atoms with Crippen LogP contribution in [0.3, 0.4) is 0 Å². The standard InChI is InChI=1S/C20H22N4O5S/c1-2-11-23-30(28,29)15-7-5-6-14(13-15)19(26)24-17-9-4-3-8-16(17)20(27)22-12-10-18(21)25/h2-9,13,23H,1,10-12H2,(H2,21,25)(H,22,27)(H,24,26). The molecule has 10 heteroatoms. The average molecular weight is 430 g/mol. The minimum atomic E-state index is -3.79. The van der Waals surface area contributed by atoms with Crippen LogP contribution >= 0.6 is 0 Å². The molecular formula is C20H22N4O5S. The predicted octanol–water partition coefficient (Wildman–Crippen LogP) is 1.01. The Morgan fingerprint density at radius 3 is 2.47 bits per heavy atom. The van der Waals surface area contributed by atoms with Gasteiger partial charge < -0.3 is 16.4 Å². The van der Waals surface area contributed by atoms with E-state index in [2.05, 4.69) is 21.9 Å². The molecule has 158 valence electrons. The van der Waals surface area contributed by atoms with Gasteiger partial charge in [0, 0.05) is 25.1 Å². The Labute approximate surface area is 174 Å². The fourth-order valence-corrected chi connectivity index (χ4v) is 3.48. The first-order valence-corrected chi connectivity index (χ1v) is 10.4. The van der Waals surface area contributed by atoms with Gasteiger partial charge in [-0.05, 0) is 30.3 Å². The van der Waals surface area contributed by atoms with Gasteiger partial charge in [-0.25, -0.2) is 13.1 Å². The van der Waals surface area contributed by atoms with E-state index in [1.807, 2.05) is 0 Å². The van der Waals surface area contributed by atoms with Gasteiger partial charge in [0.25, 0.3) is 11.8 Å². The van der Waals surface area contributed by atoms with Crippen molar-refractivity contribution in [3.05, 3.63) is 72.3 Å². The van der Waals surface area contributed by atoms with Gasteiger partial charge in [0.1, 0.15) is 0 Å². The number of hydrogen-bond donors (Lipinski definition) is 4. The number of rotatable bonds is 10. The number of amides is 3. The van der Waals surface area contributed by atoms with Crippen LogP contribution in [0, 0.1) is 0 Å². The summed E-state index contributed by atoms with van der Waals surface area (Å²) in [5.41, 5.74) is 5.57. The van der Waals surface area contributed by atoms with E-state index in [0.29, 0.717) is 0 Å². The van der Waals surface area contributed by atoms with Gasteiger partial charge in [-0.2, -0.15) is 0 Å². The molecule has 3 amide bonds. The maximum Gasteiger partial charge on any atom is 0.255 e. The van der Waals surface area contributed by atoms with Gasteiger partial charge in [-0.3, -0.25) is 14.4 Å². The molecule has 0 aliphatic heterocycles. The molecule has 0 saturated carbocycles. The molecule has 2 rings (SSSR count). The zero-order chi connectivity index (χ0) is 22.1. The molecular weight excluding hydrogens is 408 g/mol. The summed E-state index contributed by atoms with van der Waals surface area (Å²) in [7, 11) is -3.79. The van der Waals surface area contributed by atoms with Crippen molar-refractivity contribution in [1.82, 2.24) is 10.0 Å². The molecule has 0 aliphatic rings. The Hall–Kier alpha value is -3.50. The number of hydrogen-bond acceptors (Lipinski definition) is 5. The molecule has 9 nitrogen and oxygen atoms in total. The molecule has 0 unspecified atom stereocenters. The zero-order valence-electron chi connectivity index (χ0n) is 16.1. The molecule has 0 aliphatic carbocycles. The van der Waals surface area contributed by atoms with E-state index in [1.165, 1.54) is 42.5 Å². The number of sulfonamides is 1. The van der Waals surface area contributed by atoms with Crippen LogP contribution in [0.5, 0.6) is 0 Å². The molecule has 2 aromatic carbocycles. The van der Waals surface area contributed by atoms with Crippen molar-refractivity contribution in [3.8, 4) is 0 Å². The first kappa shape index (κ1) is 22.8. The van der Waals surface area contributed by atoms with Crippen LogP contribution in [0.25, 0.3) is 0 Å². The number of benzene rings is 2. The van der Waals surface area contributed by atoms with E-state index in [1.54, 1.807) is 12.1 Å². The summed E-state index contributed by atoms with van der Waals surface area (Å²) in [4.78, 5) is 35.7. The number of anilines is 1. The van der Waals surface area contributed by atoms with Gasteiger partial charge in [0.2, 0.25) is 15.9 Å². The van der Waals surface area contributed by atoms with E-state index in [4.69, 9.17) is 5.73 Å². The summed E-state index contributed by atoms with van der Waals surface area (Å²) in [6, 6.07) is 11.8. The number of nitrogens with one attached hydrogen (secondary N) is 3. The number of nitrogens with two attached hydrogens (primary N) is 1. The van der Waals surface area contributed by atoms with Gasteiger partial charge >= 0.3 is 0 Å². The molecule has 0 bridgehead atoms. The third kappa shape index (κ3) is 6.26. The molecule has 0 fully saturated rings. The molecule has 5 N–H and O–H groups in total. The van der Waals surface area contributed by atoms with Crippen LogP contribution < -0.4 is 21.1 Å². The van der Waals surface area contributed by atoms with E-state index in [9.17, 15) is 22.8 Å². The second kappa shape index (κ2) is 10.3. The van der Waals surface area contributed by atoms with E-state index in [-0.39, 0.29) is 41.2 Å². The predicted molar refractivity (Wildman–Crippen MR) is 112 cm³/mol. The van der Waals surface area contributed by atoms with Gasteiger partial charge in [-0.1, -0.05) is 24.3 Å². The third-order valence-corrected chi connectivity index (χ3v) is 5.32. The molecule has 0 spiro atoms. The summed E-state index contributed by atoms with van der Waals surface area (Å²) in [5, 5.41) is 5.15. The lowest BCUT2D eigenvalue weighted by Crippen LogP contribution is -2.29. The highest BCUT2D eigenvalue weighted by molar-refractivity contribution is 7.89. The number of carbonyl (C=O) groups is 3. The van der Waals surface area contributed by atoms with Crippen molar-refractivity contribution in [2.45, 2.75) is 11.3 Å². The second-order valence-electron chi connectivity index (χ2n) is 6.14. The number of para-hydroxylation sites is 1. The minimum absolute atomic E-state index is 0.0125. The van der Waals surface area contributed by atoms with Crippen molar-refractivity contribution in [2.75, 3.05) is 18.4 Å². The Morgan fingerprint density at radius 1 is 1.03 bits per heavy atom. The summed E-state index contributed by atoms with van der Waals surface area (Å²) < 4.78 is 26.8. The van der Waals surface area contributed by atoms with Crippen LogP contribution in [-0.2, 0) is 14.8 Å². The lowest BCUT2D eigenvalue weighted by molar-refractivity contribution is -0.117. The lowest BCUT2D eigenvalue weighted by Gasteiger charge is -2.12. The third-order valence-electron chi connectivity index (χ3n) is 3.90. The van der Waals surface area contributed by atoms with Crippen molar-refractivity contribution >= 4 is 33.4 Å². The van der Waals surface area contributed by atoms with Gasteiger partial charge in [-0.15, -0.1) is 6.58 Å². The minimum Gasteiger partial charge on any atom is -0.370 e. The van der Waals surface area contributed by atoms with Gasteiger partial charge in [0.05, 0.1) is 16.1 Å². The topological polar surface area (TPSA) is 147 Å². The maximum atomic E-state index is 12.7. The summed E-state index contributed by atoms with van der Waals surface area (Å²) >= 11 is 0. The molecule has 0 saturated heterocycles.